The zero-order valence-corrected chi connectivity index (χ0v) is 11.6. The lowest BCUT2D eigenvalue weighted by molar-refractivity contribution is -0.111. The quantitative estimate of drug-likeness (QED) is 0.579. The molecule has 0 aliphatic rings. The molecule has 0 aliphatic heterocycles. The maximum atomic E-state index is 11.3. The third kappa shape index (κ3) is 5.24. The highest BCUT2D eigenvalue weighted by Crippen LogP contribution is 2.19. The number of carbonyl (C=O) groups is 1. The molecule has 1 amide bonds. The largest absolute Gasteiger partial charge is 0.379 e. The Hall–Kier alpha value is -1.65. The summed E-state index contributed by atoms with van der Waals surface area (Å²) in [6.07, 6.45) is 1.25. The maximum absolute atomic E-state index is 11.3. The second-order valence-electron chi connectivity index (χ2n) is 4.03. The number of nitrogens with one attached hydrogen (secondary N) is 1. The van der Waals surface area contributed by atoms with Gasteiger partial charge in [0.2, 0.25) is 5.91 Å². The van der Waals surface area contributed by atoms with Crippen LogP contribution in [0.3, 0.4) is 0 Å². The summed E-state index contributed by atoms with van der Waals surface area (Å²) < 4.78 is 10.7. The van der Waals surface area contributed by atoms with Crippen LogP contribution in [0.5, 0.6) is 0 Å². The molecule has 0 spiro atoms. The minimum absolute atomic E-state index is 0.211. The Balaban J connectivity index is 2.56. The summed E-state index contributed by atoms with van der Waals surface area (Å²) in [6.45, 7) is 9.73. The van der Waals surface area contributed by atoms with Gasteiger partial charge in [-0.3, -0.25) is 4.79 Å². The van der Waals surface area contributed by atoms with E-state index in [9.17, 15) is 4.79 Å². The number of amides is 1. The predicted octanol–water partition coefficient (Wildman–Crippen LogP) is 2.67. The van der Waals surface area contributed by atoms with Crippen LogP contribution in [0.2, 0.25) is 0 Å². The molecule has 4 heteroatoms. The van der Waals surface area contributed by atoms with Crippen molar-refractivity contribution in [3.05, 3.63) is 42.0 Å². The predicted molar refractivity (Wildman–Crippen MR) is 76.2 cm³/mol. The van der Waals surface area contributed by atoms with Gasteiger partial charge in [0.05, 0.1) is 19.8 Å². The van der Waals surface area contributed by atoms with Gasteiger partial charge in [0.25, 0.3) is 0 Å². The third-order valence-electron chi connectivity index (χ3n) is 2.72. The number of hydrogen-bond donors (Lipinski definition) is 1. The molecular formula is C15H21NO3. The molecule has 1 aromatic carbocycles. The highest BCUT2D eigenvalue weighted by molar-refractivity contribution is 5.99. The Morgan fingerprint density at radius 1 is 1.37 bits per heavy atom. The summed E-state index contributed by atoms with van der Waals surface area (Å²) in [6, 6.07) is 5.74. The number of carbonyl (C=O) groups excluding carboxylic acids is 1. The van der Waals surface area contributed by atoms with E-state index in [1.165, 1.54) is 6.08 Å². The zero-order chi connectivity index (χ0) is 14.1. The van der Waals surface area contributed by atoms with Gasteiger partial charge in [0, 0.05) is 12.3 Å². The lowest BCUT2D eigenvalue weighted by atomic mass is 10.1. The minimum Gasteiger partial charge on any atom is -0.379 e. The normalized spacial score (nSPS) is 10.2. The molecule has 104 valence electrons. The molecule has 1 rings (SSSR count). The van der Waals surface area contributed by atoms with Crippen molar-refractivity contribution in [1.82, 2.24) is 0 Å². The van der Waals surface area contributed by atoms with Crippen LogP contribution in [0.15, 0.2) is 30.9 Å². The Labute approximate surface area is 114 Å². The summed E-state index contributed by atoms with van der Waals surface area (Å²) in [5.41, 5.74) is 2.85. The Morgan fingerprint density at radius 2 is 2.11 bits per heavy atom. The number of rotatable bonds is 8. The van der Waals surface area contributed by atoms with Gasteiger partial charge < -0.3 is 14.8 Å². The van der Waals surface area contributed by atoms with Crippen molar-refractivity contribution in [2.75, 3.05) is 25.1 Å². The molecule has 0 bridgehead atoms. The smallest absolute Gasteiger partial charge is 0.247 e. The number of hydrogen-bond acceptors (Lipinski definition) is 3. The van der Waals surface area contributed by atoms with Gasteiger partial charge in [-0.1, -0.05) is 18.7 Å². The first-order valence-corrected chi connectivity index (χ1v) is 6.36. The Kier molecular flexibility index (Phi) is 6.85. The van der Waals surface area contributed by atoms with E-state index in [1.807, 2.05) is 32.0 Å². The molecule has 0 unspecified atom stereocenters. The van der Waals surface area contributed by atoms with Crippen molar-refractivity contribution in [3.63, 3.8) is 0 Å². The lowest BCUT2D eigenvalue weighted by Crippen LogP contribution is -2.10. The average molecular weight is 263 g/mol. The van der Waals surface area contributed by atoms with Gasteiger partial charge in [-0.2, -0.15) is 0 Å². The van der Waals surface area contributed by atoms with E-state index in [1.54, 1.807) is 0 Å². The number of benzene rings is 1. The van der Waals surface area contributed by atoms with Crippen LogP contribution in [0.1, 0.15) is 18.1 Å². The summed E-state index contributed by atoms with van der Waals surface area (Å²) >= 11 is 0. The molecule has 1 N–H and O–H groups in total. The number of anilines is 1. The van der Waals surface area contributed by atoms with Crippen molar-refractivity contribution < 1.29 is 14.3 Å². The SMILES string of the molecule is C=CC(=O)Nc1cccc(COCCOCC)c1C. The van der Waals surface area contributed by atoms with Crippen molar-refractivity contribution >= 4 is 11.6 Å². The molecule has 1 aromatic rings. The van der Waals surface area contributed by atoms with Gasteiger partial charge in [-0.15, -0.1) is 0 Å². The van der Waals surface area contributed by atoms with Crippen LogP contribution in [0, 0.1) is 6.92 Å². The van der Waals surface area contributed by atoms with Gasteiger partial charge >= 0.3 is 0 Å². The van der Waals surface area contributed by atoms with Crippen LogP contribution >= 0.6 is 0 Å². The average Bonchev–Trinajstić information content (AvgIpc) is 2.42. The van der Waals surface area contributed by atoms with Gasteiger partial charge in [0.1, 0.15) is 0 Å². The van der Waals surface area contributed by atoms with E-state index in [0.717, 1.165) is 16.8 Å². The minimum atomic E-state index is -0.211. The Bertz CT molecular complexity index is 429. The van der Waals surface area contributed by atoms with Crippen LogP contribution in [-0.4, -0.2) is 25.7 Å². The molecule has 0 aliphatic carbocycles. The molecule has 0 saturated heterocycles. The topological polar surface area (TPSA) is 47.6 Å². The first-order valence-electron chi connectivity index (χ1n) is 6.36. The molecule has 0 aromatic heterocycles. The maximum Gasteiger partial charge on any atom is 0.247 e. The lowest BCUT2D eigenvalue weighted by Gasteiger charge is -2.12. The second kappa shape index (κ2) is 8.45. The van der Waals surface area contributed by atoms with Crippen LogP contribution < -0.4 is 5.32 Å². The van der Waals surface area contributed by atoms with E-state index >= 15 is 0 Å². The van der Waals surface area contributed by atoms with Crippen molar-refractivity contribution in [2.24, 2.45) is 0 Å². The van der Waals surface area contributed by atoms with Crippen LogP contribution in [0.4, 0.5) is 5.69 Å². The molecule has 0 saturated carbocycles. The molecule has 4 nitrogen and oxygen atoms in total. The first-order chi connectivity index (χ1) is 9.19. The summed E-state index contributed by atoms with van der Waals surface area (Å²) in [4.78, 5) is 11.3. The van der Waals surface area contributed by atoms with Crippen molar-refractivity contribution in [1.29, 1.82) is 0 Å². The van der Waals surface area contributed by atoms with Crippen LogP contribution in [0.25, 0.3) is 0 Å². The third-order valence-corrected chi connectivity index (χ3v) is 2.72. The summed E-state index contributed by atoms with van der Waals surface area (Å²) in [5.74, 6) is -0.211. The summed E-state index contributed by atoms with van der Waals surface area (Å²) in [5, 5.41) is 2.77. The van der Waals surface area contributed by atoms with E-state index < -0.39 is 0 Å². The van der Waals surface area contributed by atoms with E-state index in [0.29, 0.717) is 26.4 Å². The highest BCUT2D eigenvalue weighted by Gasteiger charge is 2.05. The first kappa shape index (κ1) is 15.4. The summed E-state index contributed by atoms with van der Waals surface area (Å²) in [7, 11) is 0. The van der Waals surface area contributed by atoms with Gasteiger partial charge in [-0.05, 0) is 37.1 Å². The second-order valence-corrected chi connectivity index (χ2v) is 4.03. The van der Waals surface area contributed by atoms with E-state index in [2.05, 4.69) is 11.9 Å². The standard InChI is InChI=1S/C15H21NO3/c1-4-15(17)16-14-8-6-7-13(12(14)3)11-19-10-9-18-5-2/h4,6-8H,1,5,9-11H2,2-3H3,(H,16,17). The molecule has 0 fully saturated rings. The molecule has 0 radical (unpaired) electrons. The molecule has 19 heavy (non-hydrogen) atoms. The van der Waals surface area contributed by atoms with Crippen molar-refractivity contribution in [3.8, 4) is 0 Å². The Morgan fingerprint density at radius 3 is 2.79 bits per heavy atom. The highest BCUT2D eigenvalue weighted by atomic mass is 16.5. The van der Waals surface area contributed by atoms with Gasteiger partial charge in [-0.25, -0.2) is 0 Å². The molecule has 0 atom stereocenters. The molecule has 0 heterocycles. The number of ether oxygens (including phenoxy) is 2. The van der Waals surface area contributed by atoms with Crippen molar-refractivity contribution in [2.45, 2.75) is 20.5 Å². The fourth-order valence-electron chi connectivity index (χ4n) is 1.60. The van der Waals surface area contributed by atoms with Gasteiger partial charge in [0.15, 0.2) is 0 Å². The fourth-order valence-corrected chi connectivity index (χ4v) is 1.60. The monoisotopic (exact) mass is 263 g/mol. The van der Waals surface area contributed by atoms with E-state index in [4.69, 9.17) is 9.47 Å². The van der Waals surface area contributed by atoms with Crippen LogP contribution in [-0.2, 0) is 20.9 Å². The zero-order valence-electron chi connectivity index (χ0n) is 11.6. The molecular weight excluding hydrogens is 242 g/mol. The fraction of sp³-hybridized carbons (Fsp3) is 0.400. The van der Waals surface area contributed by atoms with E-state index in [-0.39, 0.29) is 5.91 Å².